The maximum atomic E-state index is 11.4. The Morgan fingerprint density at radius 3 is 1.83 bits per heavy atom. The molecule has 1 rings (SSSR count). The Labute approximate surface area is 147 Å². The van der Waals surface area contributed by atoms with Gasteiger partial charge in [0.05, 0.1) is 0 Å². The largest absolute Gasteiger partial charge is 0.480 e. The van der Waals surface area contributed by atoms with Crippen LogP contribution in [0.3, 0.4) is 0 Å². The lowest BCUT2D eigenvalue weighted by Crippen LogP contribution is -2.20. The van der Waals surface area contributed by atoms with Gasteiger partial charge in [-0.25, -0.2) is 4.79 Å². The van der Waals surface area contributed by atoms with Crippen molar-refractivity contribution in [3.05, 3.63) is 34.9 Å². The second-order valence-electron chi connectivity index (χ2n) is 9.11. The number of carbonyl (C=O) groups is 1. The highest BCUT2D eigenvalue weighted by molar-refractivity contribution is 5.84. The van der Waals surface area contributed by atoms with Gasteiger partial charge in [0.25, 0.3) is 0 Å². The van der Waals surface area contributed by atoms with Gasteiger partial charge >= 0.3 is 5.97 Å². The van der Waals surface area contributed by atoms with Crippen LogP contribution in [0.1, 0.15) is 78.5 Å². The van der Waals surface area contributed by atoms with Crippen molar-refractivity contribution in [2.24, 2.45) is 10.9 Å². The van der Waals surface area contributed by atoms with Crippen LogP contribution >= 0.6 is 0 Å². The number of carboxylic acids is 1. The summed E-state index contributed by atoms with van der Waals surface area (Å²) in [5.74, 6) is -0.558. The first-order valence-electron chi connectivity index (χ1n) is 8.72. The van der Waals surface area contributed by atoms with Gasteiger partial charge in [0.15, 0.2) is 0 Å². The van der Waals surface area contributed by atoms with Crippen molar-refractivity contribution in [2.75, 3.05) is 0 Å². The van der Waals surface area contributed by atoms with Gasteiger partial charge < -0.3 is 5.11 Å². The molecule has 3 heteroatoms. The topological polar surface area (TPSA) is 49.7 Å². The molecule has 0 heterocycles. The van der Waals surface area contributed by atoms with Crippen LogP contribution in [0.25, 0.3) is 0 Å². The van der Waals surface area contributed by atoms with E-state index in [2.05, 4.69) is 64.7 Å². The van der Waals surface area contributed by atoms with E-state index in [1.165, 1.54) is 11.1 Å². The average Bonchev–Trinajstić information content (AvgIpc) is 2.40. The predicted octanol–water partition coefficient (Wildman–Crippen LogP) is 5.20. The van der Waals surface area contributed by atoms with E-state index in [0.717, 1.165) is 5.56 Å². The number of carboxylic acid groups (broad SMARTS) is 1. The smallest absolute Gasteiger partial charge is 0.328 e. The minimum absolute atomic E-state index is 0.0357. The second kappa shape index (κ2) is 7.50. The van der Waals surface area contributed by atoms with E-state index in [1.54, 1.807) is 6.21 Å². The van der Waals surface area contributed by atoms with Gasteiger partial charge in [-0.05, 0) is 52.0 Å². The molecule has 0 saturated heterocycles. The zero-order valence-corrected chi connectivity index (χ0v) is 16.5. The molecule has 0 saturated carbocycles. The van der Waals surface area contributed by atoms with Crippen LogP contribution < -0.4 is 0 Å². The van der Waals surface area contributed by atoms with Gasteiger partial charge in [-0.3, -0.25) is 4.99 Å². The van der Waals surface area contributed by atoms with Crippen molar-refractivity contribution >= 4 is 12.2 Å². The van der Waals surface area contributed by atoms with Gasteiger partial charge in [0.2, 0.25) is 0 Å². The van der Waals surface area contributed by atoms with Crippen LogP contribution in [-0.4, -0.2) is 23.3 Å². The molecule has 0 spiro atoms. The quantitative estimate of drug-likeness (QED) is 0.754. The van der Waals surface area contributed by atoms with Gasteiger partial charge in [0.1, 0.15) is 6.04 Å². The van der Waals surface area contributed by atoms with Gasteiger partial charge in [-0.1, -0.05) is 61.5 Å². The summed E-state index contributed by atoms with van der Waals surface area (Å²) in [4.78, 5) is 15.8. The van der Waals surface area contributed by atoms with E-state index < -0.39 is 12.0 Å². The van der Waals surface area contributed by atoms with Crippen LogP contribution in [0, 0.1) is 5.92 Å². The third-order valence-electron chi connectivity index (χ3n) is 4.07. The first-order chi connectivity index (χ1) is 10.8. The lowest BCUT2D eigenvalue weighted by Gasteiger charge is -2.25. The Bertz CT molecular complexity index is 569. The fourth-order valence-electron chi connectivity index (χ4n) is 2.44. The molecule has 0 aliphatic rings. The number of rotatable bonds is 5. The highest BCUT2D eigenvalue weighted by Crippen LogP contribution is 2.30. The molecule has 134 valence electrons. The zero-order chi connectivity index (χ0) is 18.7. The summed E-state index contributed by atoms with van der Waals surface area (Å²) in [6.07, 6.45) is 2.28. The van der Waals surface area contributed by atoms with Crippen molar-refractivity contribution in [3.8, 4) is 0 Å². The number of hydrogen-bond donors (Lipinski definition) is 1. The average molecular weight is 332 g/mol. The molecular formula is C21H33NO2. The Hall–Kier alpha value is -1.64. The molecule has 1 atom stereocenters. The van der Waals surface area contributed by atoms with E-state index >= 15 is 0 Å². The first-order valence-corrected chi connectivity index (χ1v) is 8.72. The first kappa shape index (κ1) is 20.4. The Morgan fingerprint density at radius 2 is 1.50 bits per heavy atom. The minimum atomic E-state index is -0.858. The third kappa shape index (κ3) is 6.10. The zero-order valence-electron chi connectivity index (χ0n) is 16.5. The number of benzene rings is 1. The van der Waals surface area contributed by atoms with E-state index in [9.17, 15) is 9.90 Å². The summed E-state index contributed by atoms with van der Waals surface area (Å²) >= 11 is 0. The van der Waals surface area contributed by atoms with Crippen LogP contribution in [0.4, 0.5) is 0 Å². The molecule has 0 radical (unpaired) electrons. The van der Waals surface area contributed by atoms with Gasteiger partial charge in [0, 0.05) is 6.21 Å². The molecule has 1 unspecified atom stereocenters. The van der Waals surface area contributed by atoms with Crippen molar-refractivity contribution in [1.29, 1.82) is 0 Å². The normalized spacial score (nSPS) is 14.4. The fourth-order valence-corrected chi connectivity index (χ4v) is 2.44. The summed E-state index contributed by atoms with van der Waals surface area (Å²) in [6.45, 7) is 17.2. The van der Waals surface area contributed by atoms with Crippen molar-refractivity contribution in [2.45, 2.75) is 78.7 Å². The summed E-state index contributed by atoms with van der Waals surface area (Å²) < 4.78 is 0. The Kier molecular flexibility index (Phi) is 6.38. The summed E-state index contributed by atoms with van der Waals surface area (Å²) in [5, 5.41) is 9.35. The maximum Gasteiger partial charge on any atom is 0.328 e. The molecule has 0 amide bonds. The van der Waals surface area contributed by atoms with E-state index in [-0.39, 0.29) is 10.8 Å². The minimum Gasteiger partial charge on any atom is -0.480 e. The van der Waals surface area contributed by atoms with Crippen molar-refractivity contribution in [3.63, 3.8) is 0 Å². The molecule has 1 aromatic rings. The highest BCUT2D eigenvalue weighted by Gasteiger charge is 2.21. The van der Waals surface area contributed by atoms with E-state index in [1.807, 2.05) is 13.8 Å². The molecule has 1 N–H and O–H groups in total. The molecule has 24 heavy (non-hydrogen) atoms. The van der Waals surface area contributed by atoms with Gasteiger partial charge in [-0.15, -0.1) is 0 Å². The third-order valence-corrected chi connectivity index (χ3v) is 4.07. The number of nitrogens with zero attached hydrogens (tertiary/aromatic N) is 1. The molecular weight excluding hydrogens is 298 g/mol. The SMILES string of the molecule is CC(C)CC(N=Cc1cc(C(C)(C)C)cc(C(C)(C)C)c1)C(=O)O. The van der Waals surface area contributed by atoms with Gasteiger partial charge in [-0.2, -0.15) is 0 Å². The van der Waals surface area contributed by atoms with E-state index in [0.29, 0.717) is 12.3 Å². The Morgan fingerprint density at radius 1 is 1.04 bits per heavy atom. The molecule has 0 aliphatic carbocycles. The fraction of sp³-hybridized carbons (Fsp3) is 0.619. The second-order valence-corrected chi connectivity index (χ2v) is 9.11. The van der Waals surface area contributed by atoms with Crippen LogP contribution in [-0.2, 0) is 15.6 Å². The molecule has 0 bridgehead atoms. The predicted molar refractivity (Wildman–Crippen MR) is 102 cm³/mol. The summed E-state index contributed by atoms with van der Waals surface area (Å²) in [7, 11) is 0. The molecule has 3 nitrogen and oxygen atoms in total. The summed E-state index contributed by atoms with van der Waals surface area (Å²) in [6, 6.07) is 5.81. The number of hydrogen-bond acceptors (Lipinski definition) is 2. The highest BCUT2D eigenvalue weighted by atomic mass is 16.4. The maximum absolute atomic E-state index is 11.4. The monoisotopic (exact) mass is 331 g/mol. The molecule has 1 aromatic carbocycles. The molecule has 0 aliphatic heterocycles. The Balaban J connectivity index is 3.27. The lowest BCUT2D eigenvalue weighted by molar-refractivity contribution is -0.138. The molecule has 0 aromatic heterocycles. The van der Waals surface area contributed by atoms with Crippen molar-refractivity contribution < 1.29 is 9.90 Å². The standard InChI is InChI=1S/C21H33NO2/c1-14(2)9-18(19(23)24)22-13-15-10-16(20(3,4)5)12-17(11-15)21(6,7)8/h10-14,18H,9H2,1-8H3,(H,23,24). The van der Waals surface area contributed by atoms with E-state index in [4.69, 9.17) is 0 Å². The van der Waals surface area contributed by atoms with Crippen LogP contribution in [0.2, 0.25) is 0 Å². The van der Waals surface area contributed by atoms with Crippen LogP contribution in [0.15, 0.2) is 23.2 Å². The lowest BCUT2D eigenvalue weighted by atomic mass is 9.79. The van der Waals surface area contributed by atoms with Crippen LogP contribution in [0.5, 0.6) is 0 Å². The number of aliphatic carboxylic acids is 1. The van der Waals surface area contributed by atoms with Crippen molar-refractivity contribution in [1.82, 2.24) is 0 Å². The summed E-state index contributed by atoms with van der Waals surface area (Å²) in [5.41, 5.74) is 3.53. The molecule has 0 fully saturated rings. The number of aliphatic imine (C=N–C) groups is 1.